The Labute approximate surface area is 183 Å². The lowest BCUT2D eigenvalue weighted by molar-refractivity contribution is -0.133. The number of benzene rings is 1. The third kappa shape index (κ3) is 3.51. The van der Waals surface area contributed by atoms with Gasteiger partial charge in [-0.3, -0.25) is 9.78 Å². The number of rotatable bonds is 3. The van der Waals surface area contributed by atoms with Gasteiger partial charge in [0.05, 0.1) is 5.69 Å². The van der Waals surface area contributed by atoms with Crippen LogP contribution in [0.25, 0.3) is 0 Å². The molecular weight excluding hydrogens is 412 g/mol. The number of carbonyl (C=O) groups is 1. The fourth-order valence-corrected chi connectivity index (χ4v) is 6.98. The lowest BCUT2D eigenvalue weighted by atomic mass is 10.1. The number of amides is 1. The van der Waals surface area contributed by atoms with Crippen molar-refractivity contribution >= 4 is 21.6 Å². The van der Waals surface area contributed by atoms with E-state index in [4.69, 9.17) is 0 Å². The summed E-state index contributed by atoms with van der Waals surface area (Å²) in [6.45, 7) is 3.54. The Bertz CT molecular complexity index is 1080. The van der Waals surface area contributed by atoms with E-state index in [-0.39, 0.29) is 35.5 Å². The van der Waals surface area contributed by atoms with Gasteiger partial charge in [-0.15, -0.1) is 0 Å². The molecule has 164 valence electrons. The number of para-hydroxylation sites is 1. The van der Waals surface area contributed by atoms with Crippen LogP contribution in [0.1, 0.15) is 38.2 Å². The Balaban J connectivity index is 1.53. The first-order valence-electron chi connectivity index (χ1n) is 11.0. The van der Waals surface area contributed by atoms with E-state index in [0.29, 0.717) is 12.2 Å². The summed E-state index contributed by atoms with van der Waals surface area (Å²) in [4.78, 5) is 22.0. The molecule has 2 fully saturated rings. The molecule has 7 nitrogen and oxygen atoms in total. The Kier molecular flexibility index (Phi) is 5.22. The second-order valence-electron chi connectivity index (χ2n) is 8.80. The third-order valence-electron chi connectivity index (χ3n) is 6.88. The number of aromatic nitrogens is 1. The van der Waals surface area contributed by atoms with E-state index < -0.39 is 10.0 Å². The molecule has 2 saturated heterocycles. The summed E-state index contributed by atoms with van der Waals surface area (Å²) in [5, 5.41) is 0. The summed E-state index contributed by atoms with van der Waals surface area (Å²) in [6, 6.07) is 10.8. The van der Waals surface area contributed by atoms with Gasteiger partial charge >= 0.3 is 0 Å². The normalized spacial score (nSPS) is 27.6. The first kappa shape index (κ1) is 20.5. The predicted molar refractivity (Wildman–Crippen MR) is 118 cm³/mol. The largest absolute Gasteiger partial charge is 0.354 e. The molecule has 5 rings (SSSR count). The molecule has 1 aromatic carbocycles. The van der Waals surface area contributed by atoms with Crippen molar-refractivity contribution in [3.8, 4) is 0 Å². The number of nitrogens with zero attached hydrogens (tertiary/aromatic N) is 4. The van der Waals surface area contributed by atoms with Crippen LogP contribution in [0, 0.1) is 0 Å². The van der Waals surface area contributed by atoms with Crippen LogP contribution in [0.5, 0.6) is 0 Å². The number of hydrogen-bond donors (Lipinski definition) is 0. The van der Waals surface area contributed by atoms with E-state index in [1.54, 1.807) is 28.8 Å². The van der Waals surface area contributed by atoms with E-state index >= 15 is 0 Å². The molecule has 1 amide bonds. The van der Waals surface area contributed by atoms with Crippen molar-refractivity contribution in [3.63, 3.8) is 0 Å². The molecule has 3 aliphatic heterocycles. The van der Waals surface area contributed by atoms with Crippen LogP contribution in [-0.2, 0) is 21.4 Å². The van der Waals surface area contributed by atoms with Crippen molar-refractivity contribution in [2.45, 2.75) is 62.2 Å². The van der Waals surface area contributed by atoms with Gasteiger partial charge in [0.1, 0.15) is 10.9 Å². The van der Waals surface area contributed by atoms with Gasteiger partial charge in [-0.05, 0) is 56.4 Å². The highest BCUT2D eigenvalue weighted by Gasteiger charge is 2.47. The fourth-order valence-electron chi connectivity index (χ4n) is 5.33. The van der Waals surface area contributed by atoms with Crippen molar-refractivity contribution in [1.29, 1.82) is 0 Å². The molecule has 0 radical (unpaired) electrons. The van der Waals surface area contributed by atoms with Gasteiger partial charge in [0.25, 0.3) is 0 Å². The Morgan fingerprint density at radius 2 is 1.97 bits per heavy atom. The number of pyridine rings is 1. The molecule has 0 unspecified atom stereocenters. The summed E-state index contributed by atoms with van der Waals surface area (Å²) in [6.07, 6.45) is 7.01. The van der Waals surface area contributed by atoms with Gasteiger partial charge < -0.3 is 9.80 Å². The number of hydrogen-bond acceptors (Lipinski definition) is 5. The lowest BCUT2D eigenvalue weighted by Gasteiger charge is -2.34. The highest BCUT2D eigenvalue weighted by atomic mass is 32.2. The monoisotopic (exact) mass is 440 g/mol. The molecule has 0 spiro atoms. The van der Waals surface area contributed by atoms with Crippen molar-refractivity contribution in [1.82, 2.24) is 14.2 Å². The van der Waals surface area contributed by atoms with Crippen LogP contribution in [0.3, 0.4) is 0 Å². The topological polar surface area (TPSA) is 73.8 Å². The van der Waals surface area contributed by atoms with E-state index in [1.807, 2.05) is 29.2 Å². The lowest BCUT2D eigenvalue weighted by Crippen LogP contribution is -2.50. The van der Waals surface area contributed by atoms with Crippen LogP contribution in [0.4, 0.5) is 5.69 Å². The molecule has 4 heterocycles. The molecule has 0 N–H and O–H groups in total. The number of anilines is 1. The fraction of sp³-hybridized carbons (Fsp3) is 0.478. The van der Waals surface area contributed by atoms with Crippen LogP contribution in [0.2, 0.25) is 0 Å². The van der Waals surface area contributed by atoms with Crippen molar-refractivity contribution < 1.29 is 13.2 Å². The smallest absolute Gasteiger partial charge is 0.245 e. The average Bonchev–Trinajstić information content (AvgIpc) is 3.37. The molecule has 0 saturated carbocycles. The van der Waals surface area contributed by atoms with E-state index in [1.165, 1.54) is 0 Å². The predicted octanol–water partition coefficient (Wildman–Crippen LogP) is 2.63. The van der Waals surface area contributed by atoms with Gasteiger partial charge in [-0.2, -0.15) is 4.31 Å². The molecule has 0 aliphatic carbocycles. The Hall–Kier alpha value is -2.45. The van der Waals surface area contributed by atoms with Gasteiger partial charge in [0.2, 0.25) is 15.9 Å². The van der Waals surface area contributed by atoms with Crippen LogP contribution < -0.4 is 4.90 Å². The maximum atomic E-state index is 13.6. The molecule has 8 heteroatoms. The van der Waals surface area contributed by atoms with Crippen LogP contribution >= 0.6 is 0 Å². The summed E-state index contributed by atoms with van der Waals surface area (Å²) in [5.41, 5.74) is 1.51. The summed E-state index contributed by atoms with van der Waals surface area (Å²) in [7, 11) is -3.70. The van der Waals surface area contributed by atoms with Crippen molar-refractivity contribution in [2.24, 2.45) is 0 Å². The van der Waals surface area contributed by atoms with Crippen molar-refractivity contribution in [3.05, 3.63) is 54.4 Å². The quantitative estimate of drug-likeness (QED) is 0.734. The van der Waals surface area contributed by atoms with Crippen molar-refractivity contribution in [2.75, 3.05) is 18.0 Å². The molecule has 0 bridgehead atoms. The van der Waals surface area contributed by atoms with E-state index in [2.05, 4.69) is 16.8 Å². The Morgan fingerprint density at radius 1 is 1.13 bits per heavy atom. The molecule has 3 atom stereocenters. The average molecular weight is 441 g/mol. The van der Waals surface area contributed by atoms with Gasteiger partial charge in [0.15, 0.2) is 0 Å². The van der Waals surface area contributed by atoms with Crippen LogP contribution in [-0.4, -0.2) is 59.7 Å². The second-order valence-corrected chi connectivity index (χ2v) is 10.7. The summed E-state index contributed by atoms with van der Waals surface area (Å²) < 4.78 is 28.8. The third-order valence-corrected chi connectivity index (χ3v) is 8.74. The van der Waals surface area contributed by atoms with Gasteiger partial charge in [0, 0.05) is 44.1 Å². The zero-order valence-corrected chi connectivity index (χ0v) is 18.5. The number of fused-ring (bicyclic) bond motifs is 3. The Morgan fingerprint density at radius 3 is 2.71 bits per heavy atom. The zero-order valence-electron chi connectivity index (χ0n) is 17.7. The highest BCUT2D eigenvalue weighted by molar-refractivity contribution is 7.89. The SMILES string of the molecule is C[C@@H]1CCCN1C(=O)[C@@H]1CC[C@H]2CN(Cc3cccnc3)S(=O)(=O)c3ccccc3N21. The summed E-state index contributed by atoms with van der Waals surface area (Å²) >= 11 is 0. The first-order chi connectivity index (χ1) is 15.0. The molecule has 1 aromatic heterocycles. The summed E-state index contributed by atoms with van der Waals surface area (Å²) in [5.74, 6) is 0.139. The highest BCUT2D eigenvalue weighted by Crippen LogP contribution is 2.41. The van der Waals surface area contributed by atoms with Gasteiger partial charge in [-0.1, -0.05) is 18.2 Å². The standard InChI is InChI=1S/C23H28N4O3S/c1-17-6-5-13-26(17)23(28)21-11-10-19-16-25(15-18-7-4-12-24-14-18)31(29,30)22-9-3-2-8-20(22)27(19)21/h2-4,7-9,12,14,17,19,21H,5-6,10-11,13,15-16H2,1H3/t17-,19+,21+/m1/s1. The maximum Gasteiger partial charge on any atom is 0.245 e. The van der Waals surface area contributed by atoms with E-state index in [0.717, 1.165) is 37.8 Å². The number of likely N-dealkylation sites (tertiary alicyclic amines) is 1. The van der Waals surface area contributed by atoms with Crippen LogP contribution in [0.15, 0.2) is 53.7 Å². The number of sulfonamides is 1. The minimum absolute atomic E-state index is 0.0260. The molecule has 2 aromatic rings. The number of carbonyl (C=O) groups excluding carboxylic acids is 1. The minimum Gasteiger partial charge on any atom is -0.354 e. The second kappa shape index (κ2) is 7.91. The zero-order chi connectivity index (χ0) is 21.6. The molecular formula is C23H28N4O3S. The molecule has 31 heavy (non-hydrogen) atoms. The maximum absolute atomic E-state index is 13.6. The minimum atomic E-state index is -3.70. The van der Waals surface area contributed by atoms with Gasteiger partial charge in [-0.25, -0.2) is 8.42 Å². The molecule has 3 aliphatic rings. The first-order valence-corrected chi connectivity index (χ1v) is 12.5. The van der Waals surface area contributed by atoms with E-state index in [9.17, 15) is 13.2 Å².